The molecule has 0 aliphatic carbocycles. The fourth-order valence-corrected chi connectivity index (χ4v) is 2.84. The monoisotopic (exact) mass is 372 g/mol. The van der Waals surface area contributed by atoms with Crippen LogP contribution in [0.25, 0.3) is 0 Å². The second-order valence-electron chi connectivity index (χ2n) is 4.48. The van der Waals surface area contributed by atoms with Crippen molar-refractivity contribution < 1.29 is 30.7 Å². The topological polar surface area (TPSA) is 143 Å². The Balaban J connectivity index is 2.55. The van der Waals surface area contributed by atoms with E-state index in [1.807, 2.05) is 0 Å². The molecule has 0 heterocycles. The summed E-state index contributed by atoms with van der Waals surface area (Å²) in [6.07, 6.45) is 0. The van der Waals surface area contributed by atoms with Gasteiger partial charge in [-0.3, -0.25) is 9.11 Å². The Hall–Kier alpha value is -2.34. The van der Waals surface area contributed by atoms with E-state index in [9.17, 15) is 21.4 Å². The number of azo groups is 1. The second kappa shape index (κ2) is 6.65. The van der Waals surface area contributed by atoms with Gasteiger partial charge in [-0.1, -0.05) is 6.07 Å². The van der Waals surface area contributed by atoms with E-state index in [-0.39, 0.29) is 0 Å². The smallest absolute Gasteiger partial charge is 0.296 e. The van der Waals surface area contributed by atoms with Gasteiger partial charge in [0.05, 0.1) is 17.7 Å². The van der Waals surface area contributed by atoms with Crippen LogP contribution in [-0.4, -0.2) is 33.1 Å². The molecule has 2 rings (SSSR count). The zero-order chi connectivity index (χ0) is 18.0. The zero-order valence-electron chi connectivity index (χ0n) is 12.2. The van der Waals surface area contributed by atoms with Gasteiger partial charge in [0.25, 0.3) is 20.2 Å². The fourth-order valence-electron chi connectivity index (χ4n) is 1.74. The molecule has 0 amide bonds. The Morgan fingerprint density at radius 1 is 0.917 bits per heavy atom. The van der Waals surface area contributed by atoms with Crippen molar-refractivity contribution in [3.63, 3.8) is 0 Å². The van der Waals surface area contributed by atoms with Crippen molar-refractivity contribution in [3.8, 4) is 5.75 Å². The van der Waals surface area contributed by atoms with Gasteiger partial charge < -0.3 is 4.74 Å². The lowest BCUT2D eigenvalue weighted by Crippen LogP contribution is -2.02. The van der Waals surface area contributed by atoms with E-state index in [2.05, 4.69) is 10.2 Å². The van der Waals surface area contributed by atoms with Crippen molar-refractivity contribution in [2.24, 2.45) is 10.2 Å². The van der Waals surface area contributed by atoms with Gasteiger partial charge >= 0.3 is 0 Å². The molecule has 2 aromatic carbocycles. The molecular weight excluding hydrogens is 360 g/mol. The summed E-state index contributed by atoms with van der Waals surface area (Å²) in [5.74, 6) is 0.480. The highest BCUT2D eigenvalue weighted by Crippen LogP contribution is 2.29. The molecule has 0 aromatic heterocycles. The number of rotatable bonds is 5. The number of ether oxygens (including phenoxy) is 1. The van der Waals surface area contributed by atoms with Gasteiger partial charge in [0.15, 0.2) is 0 Å². The maximum Gasteiger partial charge on any atom is 0.296 e. The van der Waals surface area contributed by atoms with Crippen LogP contribution >= 0.6 is 0 Å². The summed E-state index contributed by atoms with van der Waals surface area (Å²) < 4.78 is 68.2. The molecule has 24 heavy (non-hydrogen) atoms. The Morgan fingerprint density at radius 3 is 2.21 bits per heavy atom. The molecule has 0 bridgehead atoms. The van der Waals surface area contributed by atoms with Crippen LogP contribution in [-0.2, 0) is 20.2 Å². The lowest BCUT2D eigenvalue weighted by atomic mass is 10.3. The maximum absolute atomic E-state index is 11.3. The van der Waals surface area contributed by atoms with Gasteiger partial charge in [0.2, 0.25) is 0 Å². The van der Waals surface area contributed by atoms with Crippen LogP contribution in [0, 0.1) is 0 Å². The second-order valence-corrected chi connectivity index (χ2v) is 7.29. The highest BCUT2D eigenvalue weighted by molar-refractivity contribution is 7.86. The first kappa shape index (κ1) is 18.0. The number of benzene rings is 2. The highest BCUT2D eigenvalue weighted by atomic mass is 32.2. The largest absolute Gasteiger partial charge is 0.497 e. The molecule has 0 aliphatic heterocycles. The minimum absolute atomic E-state index is 0.299. The molecule has 11 heteroatoms. The van der Waals surface area contributed by atoms with Crippen molar-refractivity contribution in [1.29, 1.82) is 0 Å². The minimum Gasteiger partial charge on any atom is -0.497 e. The molecule has 0 radical (unpaired) electrons. The van der Waals surface area contributed by atoms with Gasteiger partial charge in [-0.2, -0.15) is 21.9 Å². The summed E-state index contributed by atoms with van der Waals surface area (Å²) in [5.41, 5.74) is -0.150. The Bertz CT molecular complexity index is 999. The molecule has 0 unspecified atom stereocenters. The summed E-state index contributed by atoms with van der Waals surface area (Å²) in [6.45, 7) is 0. The molecule has 0 fully saturated rings. The number of methoxy groups -OCH3 is 1. The molecule has 0 atom stereocenters. The number of hydrogen-bond acceptors (Lipinski definition) is 7. The summed E-state index contributed by atoms with van der Waals surface area (Å²) in [5, 5.41) is 7.42. The molecule has 0 saturated heterocycles. The van der Waals surface area contributed by atoms with Gasteiger partial charge in [-0.05, 0) is 30.3 Å². The van der Waals surface area contributed by atoms with E-state index in [0.29, 0.717) is 11.4 Å². The SMILES string of the molecule is COc1cccc(N=Nc2cc(S(=O)(=O)O)ccc2S(=O)(=O)O)c1. The first-order valence-electron chi connectivity index (χ1n) is 6.26. The van der Waals surface area contributed by atoms with Crippen LogP contribution in [0.15, 0.2) is 62.5 Å². The quantitative estimate of drug-likeness (QED) is 0.606. The summed E-state index contributed by atoms with van der Waals surface area (Å²) in [6, 6.07) is 8.73. The lowest BCUT2D eigenvalue weighted by Gasteiger charge is -2.04. The molecule has 0 aliphatic rings. The van der Waals surface area contributed by atoms with E-state index < -0.39 is 35.7 Å². The Labute approximate surface area is 138 Å². The molecule has 2 aromatic rings. The van der Waals surface area contributed by atoms with Gasteiger partial charge in [-0.15, -0.1) is 5.11 Å². The molecule has 128 valence electrons. The Kier molecular flexibility index (Phi) is 4.99. The van der Waals surface area contributed by atoms with Crippen LogP contribution in [0.1, 0.15) is 0 Å². The molecular formula is C13H12N2O7S2. The van der Waals surface area contributed by atoms with E-state index in [0.717, 1.165) is 18.2 Å². The van der Waals surface area contributed by atoms with Crippen molar-refractivity contribution in [3.05, 3.63) is 42.5 Å². The van der Waals surface area contributed by atoms with Crippen molar-refractivity contribution >= 4 is 31.6 Å². The number of nitrogens with zero attached hydrogens (tertiary/aromatic N) is 2. The van der Waals surface area contributed by atoms with Crippen LogP contribution in [0.4, 0.5) is 11.4 Å². The van der Waals surface area contributed by atoms with Gasteiger partial charge in [0.1, 0.15) is 16.3 Å². The van der Waals surface area contributed by atoms with E-state index in [1.54, 1.807) is 18.2 Å². The van der Waals surface area contributed by atoms with Crippen LogP contribution < -0.4 is 4.74 Å². The average Bonchev–Trinajstić information content (AvgIpc) is 2.51. The average molecular weight is 372 g/mol. The van der Waals surface area contributed by atoms with Crippen LogP contribution in [0.3, 0.4) is 0 Å². The van der Waals surface area contributed by atoms with E-state index in [1.165, 1.54) is 13.2 Å². The molecule has 2 N–H and O–H groups in total. The van der Waals surface area contributed by atoms with Gasteiger partial charge in [0, 0.05) is 6.07 Å². The predicted octanol–water partition coefficient (Wildman–Crippen LogP) is 2.60. The van der Waals surface area contributed by atoms with Crippen LogP contribution in [0.2, 0.25) is 0 Å². The summed E-state index contributed by atoms with van der Waals surface area (Å²) in [7, 11) is -7.80. The molecule has 0 spiro atoms. The predicted molar refractivity (Wildman–Crippen MR) is 83.2 cm³/mol. The van der Waals surface area contributed by atoms with Gasteiger partial charge in [-0.25, -0.2) is 0 Å². The van der Waals surface area contributed by atoms with Crippen molar-refractivity contribution in [1.82, 2.24) is 0 Å². The maximum atomic E-state index is 11.3. The van der Waals surface area contributed by atoms with Crippen molar-refractivity contribution in [2.75, 3.05) is 7.11 Å². The third-order valence-corrected chi connectivity index (χ3v) is 4.58. The van der Waals surface area contributed by atoms with E-state index in [4.69, 9.17) is 9.29 Å². The summed E-state index contributed by atoms with van der Waals surface area (Å²) >= 11 is 0. The number of hydrogen-bond donors (Lipinski definition) is 2. The lowest BCUT2D eigenvalue weighted by molar-refractivity contribution is 0.415. The third kappa shape index (κ3) is 4.35. The highest BCUT2D eigenvalue weighted by Gasteiger charge is 2.19. The standard InChI is InChI=1S/C13H12N2O7S2/c1-22-10-4-2-3-9(7-10)14-15-12-8-11(23(16,17)18)5-6-13(12)24(19,20)21/h2-8H,1H3,(H,16,17,18)(H,19,20,21). The van der Waals surface area contributed by atoms with E-state index >= 15 is 0 Å². The first-order chi connectivity index (χ1) is 11.1. The third-order valence-electron chi connectivity index (χ3n) is 2.83. The zero-order valence-corrected chi connectivity index (χ0v) is 13.8. The Morgan fingerprint density at radius 2 is 1.62 bits per heavy atom. The molecule has 0 saturated carbocycles. The first-order valence-corrected chi connectivity index (χ1v) is 9.14. The fraction of sp³-hybridized carbons (Fsp3) is 0.0769. The summed E-state index contributed by atoms with van der Waals surface area (Å²) in [4.78, 5) is -1.24. The minimum atomic E-state index is -4.67. The van der Waals surface area contributed by atoms with Crippen molar-refractivity contribution in [2.45, 2.75) is 9.79 Å². The molecule has 9 nitrogen and oxygen atoms in total. The normalized spacial score (nSPS) is 12.5. The van der Waals surface area contributed by atoms with Crippen LogP contribution in [0.5, 0.6) is 5.75 Å².